The second-order valence-corrected chi connectivity index (χ2v) is 4.37. The Morgan fingerprint density at radius 3 is 2.79 bits per heavy atom. The number of aromatic nitrogens is 2. The predicted molar refractivity (Wildman–Crippen MR) is 62.6 cm³/mol. The third-order valence-electron chi connectivity index (χ3n) is 1.77. The standard InChI is InChI=1S/C9H8BrN3S/c1-11-9-7(12-3-4-13-9)8-6(10)2-5-14-8/h2-5H,1H3,(H,11,13). The van der Waals surface area contributed by atoms with Gasteiger partial charge in [-0.05, 0) is 27.4 Å². The van der Waals surface area contributed by atoms with E-state index in [4.69, 9.17) is 0 Å². The van der Waals surface area contributed by atoms with Gasteiger partial charge in [-0.2, -0.15) is 0 Å². The maximum atomic E-state index is 4.31. The molecule has 0 saturated heterocycles. The largest absolute Gasteiger partial charge is 0.371 e. The molecule has 14 heavy (non-hydrogen) atoms. The molecule has 1 N–H and O–H groups in total. The Bertz CT molecular complexity index is 441. The molecule has 0 unspecified atom stereocenters. The molecule has 2 aromatic heterocycles. The van der Waals surface area contributed by atoms with Crippen molar-refractivity contribution in [3.05, 3.63) is 28.3 Å². The van der Waals surface area contributed by atoms with E-state index in [2.05, 4.69) is 31.2 Å². The molecular formula is C9H8BrN3S. The van der Waals surface area contributed by atoms with Crippen LogP contribution in [0.2, 0.25) is 0 Å². The predicted octanol–water partition coefficient (Wildman–Crippen LogP) is 3.01. The van der Waals surface area contributed by atoms with Gasteiger partial charge in [-0.15, -0.1) is 11.3 Å². The van der Waals surface area contributed by atoms with Gasteiger partial charge in [-0.25, -0.2) is 9.97 Å². The Hall–Kier alpha value is -0.940. The summed E-state index contributed by atoms with van der Waals surface area (Å²) < 4.78 is 1.06. The fourth-order valence-corrected chi connectivity index (χ4v) is 2.71. The molecule has 72 valence electrons. The Balaban J connectivity index is 2.56. The molecule has 0 amide bonds. The molecule has 2 aromatic rings. The molecule has 0 aliphatic rings. The number of nitrogens with one attached hydrogen (secondary N) is 1. The Morgan fingerprint density at radius 1 is 1.36 bits per heavy atom. The molecule has 0 radical (unpaired) electrons. The van der Waals surface area contributed by atoms with Gasteiger partial charge in [0.15, 0.2) is 5.82 Å². The van der Waals surface area contributed by atoms with Gasteiger partial charge in [0.25, 0.3) is 0 Å². The van der Waals surface area contributed by atoms with Crippen LogP contribution in [0.3, 0.4) is 0 Å². The van der Waals surface area contributed by atoms with Crippen molar-refractivity contribution in [2.24, 2.45) is 0 Å². The van der Waals surface area contributed by atoms with Gasteiger partial charge in [0.05, 0.1) is 4.88 Å². The summed E-state index contributed by atoms with van der Waals surface area (Å²) in [5.41, 5.74) is 0.886. The molecule has 2 heterocycles. The molecule has 0 atom stereocenters. The van der Waals surface area contributed by atoms with Gasteiger partial charge in [-0.1, -0.05) is 0 Å². The van der Waals surface area contributed by atoms with E-state index in [0.29, 0.717) is 0 Å². The van der Waals surface area contributed by atoms with Gasteiger partial charge >= 0.3 is 0 Å². The smallest absolute Gasteiger partial charge is 0.153 e. The van der Waals surface area contributed by atoms with E-state index in [-0.39, 0.29) is 0 Å². The third kappa shape index (κ3) is 1.65. The SMILES string of the molecule is CNc1nccnc1-c1sccc1Br. The second kappa shape index (κ2) is 4.06. The monoisotopic (exact) mass is 269 g/mol. The highest BCUT2D eigenvalue weighted by Gasteiger charge is 2.10. The average Bonchev–Trinajstić information content (AvgIpc) is 2.64. The summed E-state index contributed by atoms with van der Waals surface area (Å²) in [7, 11) is 1.84. The van der Waals surface area contributed by atoms with E-state index in [9.17, 15) is 0 Å². The average molecular weight is 270 g/mol. The number of halogens is 1. The van der Waals surface area contributed by atoms with Crippen molar-refractivity contribution in [2.75, 3.05) is 12.4 Å². The lowest BCUT2D eigenvalue weighted by Crippen LogP contribution is -1.96. The van der Waals surface area contributed by atoms with Crippen molar-refractivity contribution < 1.29 is 0 Å². The summed E-state index contributed by atoms with van der Waals surface area (Å²) in [5.74, 6) is 0.802. The summed E-state index contributed by atoms with van der Waals surface area (Å²) >= 11 is 5.12. The van der Waals surface area contributed by atoms with Gasteiger partial charge in [0, 0.05) is 23.9 Å². The first kappa shape index (κ1) is 9.61. The Morgan fingerprint density at radius 2 is 2.14 bits per heavy atom. The third-order valence-corrected chi connectivity index (χ3v) is 3.61. The molecule has 0 bridgehead atoms. The number of hydrogen-bond donors (Lipinski definition) is 1. The lowest BCUT2D eigenvalue weighted by Gasteiger charge is -2.04. The molecule has 3 nitrogen and oxygen atoms in total. The topological polar surface area (TPSA) is 37.8 Å². The van der Waals surface area contributed by atoms with E-state index in [1.807, 2.05) is 18.5 Å². The lowest BCUT2D eigenvalue weighted by atomic mass is 10.3. The minimum Gasteiger partial charge on any atom is -0.371 e. The maximum absolute atomic E-state index is 4.31. The first-order valence-corrected chi connectivity index (χ1v) is 5.72. The summed E-state index contributed by atoms with van der Waals surface area (Å²) in [6.45, 7) is 0. The van der Waals surface area contributed by atoms with Gasteiger partial charge in [0.1, 0.15) is 5.69 Å². The number of rotatable bonds is 2. The maximum Gasteiger partial charge on any atom is 0.153 e. The Labute approximate surface area is 94.4 Å². The van der Waals surface area contributed by atoms with Gasteiger partial charge in [-0.3, -0.25) is 0 Å². The molecule has 0 spiro atoms. The van der Waals surface area contributed by atoms with Crippen molar-refractivity contribution >= 4 is 33.1 Å². The second-order valence-electron chi connectivity index (χ2n) is 2.60. The number of thiophene rings is 1. The van der Waals surface area contributed by atoms with E-state index >= 15 is 0 Å². The molecule has 0 aromatic carbocycles. The van der Waals surface area contributed by atoms with Crippen LogP contribution < -0.4 is 5.32 Å². The molecule has 0 aliphatic heterocycles. The molecule has 0 aliphatic carbocycles. The van der Waals surface area contributed by atoms with Crippen molar-refractivity contribution in [1.82, 2.24) is 9.97 Å². The van der Waals surface area contributed by atoms with Crippen LogP contribution >= 0.6 is 27.3 Å². The van der Waals surface area contributed by atoms with Crippen LogP contribution in [0.5, 0.6) is 0 Å². The van der Waals surface area contributed by atoms with Crippen LogP contribution in [0.15, 0.2) is 28.3 Å². The van der Waals surface area contributed by atoms with Crippen LogP contribution in [0.25, 0.3) is 10.6 Å². The van der Waals surface area contributed by atoms with Crippen LogP contribution in [-0.2, 0) is 0 Å². The summed E-state index contributed by atoms with van der Waals surface area (Å²) in [6.07, 6.45) is 3.37. The minimum atomic E-state index is 0.802. The number of nitrogens with zero attached hydrogens (tertiary/aromatic N) is 2. The fourth-order valence-electron chi connectivity index (χ4n) is 1.15. The Kier molecular flexibility index (Phi) is 2.79. The van der Waals surface area contributed by atoms with Gasteiger partial charge < -0.3 is 5.32 Å². The summed E-state index contributed by atoms with van der Waals surface area (Å²) in [5, 5.41) is 5.04. The van der Waals surface area contributed by atoms with Crippen molar-refractivity contribution in [2.45, 2.75) is 0 Å². The zero-order chi connectivity index (χ0) is 9.97. The van der Waals surface area contributed by atoms with Crippen LogP contribution in [-0.4, -0.2) is 17.0 Å². The number of anilines is 1. The summed E-state index contributed by atoms with van der Waals surface area (Å²) in [4.78, 5) is 9.61. The molecular weight excluding hydrogens is 262 g/mol. The molecule has 2 rings (SSSR count). The molecule has 0 saturated carbocycles. The normalized spacial score (nSPS) is 10.1. The first-order valence-electron chi connectivity index (χ1n) is 4.05. The zero-order valence-corrected chi connectivity index (χ0v) is 9.89. The first-order chi connectivity index (χ1) is 6.83. The van der Waals surface area contributed by atoms with Crippen LogP contribution in [0, 0.1) is 0 Å². The number of hydrogen-bond acceptors (Lipinski definition) is 4. The fraction of sp³-hybridized carbons (Fsp3) is 0.111. The molecule has 0 fully saturated rings. The van der Waals surface area contributed by atoms with Crippen LogP contribution in [0.1, 0.15) is 0 Å². The highest BCUT2D eigenvalue weighted by molar-refractivity contribution is 9.10. The van der Waals surface area contributed by atoms with E-state index in [0.717, 1.165) is 20.9 Å². The summed E-state index contributed by atoms with van der Waals surface area (Å²) in [6, 6.07) is 2.01. The highest BCUT2D eigenvalue weighted by Crippen LogP contribution is 2.34. The zero-order valence-electron chi connectivity index (χ0n) is 7.49. The lowest BCUT2D eigenvalue weighted by molar-refractivity contribution is 1.20. The van der Waals surface area contributed by atoms with E-state index in [1.54, 1.807) is 23.7 Å². The van der Waals surface area contributed by atoms with Crippen molar-refractivity contribution in [1.29, 1.82) is 0 Å². The molecule has 5 heteroatoms. The van der Waals surface area contributed by atoms with E-state index < -0.39 is 0 Å². The highest BCUT2D eigenvalue weighted by atomic mass is 79.9. The quantitative estimate of drug-likeness (QED) is 0.911. The van der Waals surface area contributed by atoms with Crippen molar-refractivity contribution in [3.63, 3.8) is 0 Å². The minimum absolute atomic E-state index is 0.802. The van der Waals surface area contributed by atoms with E-state index in [1.165, 1.54) is 0 Å². The van der Waals surface area contributed by atoms with Crippen molar-refractivity contribution in [3.8, 4) is 10.6 Å². The van der Waals surface area contributed by atoms with Crippen LogP contribution in [0.4, 0.5) is 5.82 Å². The van der Waals surface area contributed by atoms with Gasteiger partial charge in [0.2, 0.25) is 0 Å².